The summed E-state index contributed by atoms with van der Waals surface area (Å²) in [6.45, 7) is 8.73. The number of unbranched alkanes of at least 4 members (excludes halogenated alkanes) is 21. The van der Waals surface area contributed by atoms with Crippen LogP contribution >= 0.6 is 9.24 Å². The molecule has 1 saturated heterocycles. The summed E-state index contributed by atoms with van der Waals surface area (Å²) in [6, 6.07) is 0. The van der Waals surface area contributed by atoms with Crippen LogP contribution in [0.4, 0.5) is 4.39 Å². The van der Waals surface area contributed by atoms with Crippen molar-refractivity contribution in [1.82, 2.24) is 0 Å². The Morgan fingerprint density at radius 2 is 0.863 bits per heavy atom. The fourth-order valence-corrected chi connectivity index (χ4v) is 8.17. The molecular weight excluding hydrogens is 648 g/mol. The fraction of sp³-hybridized carbons (Fsp3) is 1.00. The second-order valence-corrected chi connectivity index (χ2v) is 18.3. The van der Waals surface area contributed by atoms with Crippen molar-refractivity contribution >= 4 is 9.24 Å². The van der Waals surface area contributed by atoms with Gasteiger partial charge in [-0.2, -0.15) is 0 Å². The maximum absolute atomic E-state index is 11.9. The Hall–Kier alpha value is 0.240. The standard InChI is InChI=1S/C24H46O.C19H38O.C3H9FNP/c1-2-3-4-5-10-13-16-23-20-24(23)17-14-11-8-6-7-9-12-15-22-18-19-25-21-22;1-2-3-4-5-8-11-14-18-17-19(18)15-12-9-6-7-10-13-16-20;1-2-3(4,5)6/h22-24H,2-21H2,1H3;18-20H,2-17H2,1H3;2,5-6H2,1H3/t22-,23?,24?;;/m1../s1. The van der Waals surface area contributed by atoms with E-state index in [1.807, 2.05) is 9.24 Å². The summed E-state index contributed by atoms with van der Waals surface area (Å²) in [6.07, 6.45) is 48.0. The molecule has 1 heterocycles. The number of hydrogen-bond acceptors (Lipinski definition) is 3. The Morgan fingerprint density at radius 3 is 1.16 bits per heavy atom. The first-order valence-corrected chi connectivity index (χ1v) is 23.9. The Labute approximate surface area is 322 Å². The summed E-state index contributed by atoms with van der Waals surface area (Å²) >= 11 is 0. The highest BCUT2D eigenvalue weighted by Gasteiger charge is 2.35. The van der Waals surface area contributed by atoms with Gasteiger partial charge in [0, 0.05) is 19.8 Å². The van der Waals surface area contributed by atoms with Crippen LogP contribution in [0.15, 0.2) is 0 Å². The first-order valence-electron chi connectivity index (χ1n) is 23.3. The molecule has 6 unspecified atom stereocenters. The highest BCUT2D eigenvalue weighted by molar-refractivity contribution is 7.18. The molecule has 0 aromatic rings. The lowest BCUT2D eigenvalue weighted by molar-refractivity contribution is 0.183. The van der Waals surface area contributed by atoms with Crippen LogP contribution in [0.5, 0.6) is 0 Å². The number of hydrogen-bond donors (Lipinski definition) is 2. The maximum atomic E-state index is 11.9. The third kappa shape index (κ3) is 33.3. The number of halogens is 1. The molecule has 3 N–H and O–H groups in total. The molecule has 0 bridgehead atoms. The maximum Gasteiger partial charge on any atom is 0.171 e. The smallest absolute Gasteiger partial charge is 0.171 e. The zero-order valence-corrected chi connectivity index (χ0v) is 36.1. The minimum atomic E-state index is -1.54. The van der Waals surface area contributed by atoms with Crippen LogP contribution < -0.4 is 5.73 Å². The molecule has 0 radical (unpaired) electrons. The Morgan fingerprint density at radius 1 is 0.549 bits per heavy atom. The lowest BCUT2D eigenvalue weighted by atomic mass is 9.99. The Balaban J connectivity index is 0.000000448. The molecule has 3 nitrogen and oxygen atoms in total. The molecule has 3 aliphatic rings. The van der Waals surface area contributed by atoms with E-state index in [1.54, 1.807) is 32.6 Å². The molecular formula is C46H93FNO2P. The molecule has 5 heteroatoms. The summed E-state index contributed by atoms with van der Waals surface area (Å²) in [5, 5.41) is 8.71. The molecule has 2 aliphatic carbocycles. The average Bonchev–Trinajstić information content (AvgIpc) is 4.00. The van der Waals surface area contributed by atoms with Crippen molar-refractivity contribution in [3.63, 3.8) is 0 Å². The Kier molecular flexibility index (Phi) is 33.5. The zero-order chi connectivity index (χ0) is 37.3. The van der Waals surface area contributed by atoms with Crippen LogP contribution in [0.1, 0.15) is 239 Å². The van der Waals surface area contributed by atoms with Crippen molar-refractivity contribution in [3.8, 4) is 0 Å². The lowest BCUT2D eigenvalue weighted by Crippen LogP contribution is -2.23. The highest BCUT2D eigenvalue weighted by atomic mass is 31.0. The van der Waals surface area contributed by atoms with Gasteiger partial charge in [-0.05, 0) is 68.1 Å². The average molecular weight is 742 g/mol. The molecule has 3 rings (SSSR count). The van der Waals surface area contributed by atoms with Crippen LogP contribution in [-0.4, -0.2) is 30.5 Å². The van der Waals surface area contributed by atoms with Gasteiger partial charge < -0.3 is 9.84 Å². The second kappa shape index (κ2) is 34.7. The number of aliphatic hydroxyl groups excluding tert-OH is 1. The van der Waals surface area contributed by atoms with Crippen molar-refractivity contribution in [2.45, 2.75) is 245 Å². The molecule has 51 heavy (non-hydrogen) atoms. The van der Waals surface area contributed by atoms with E-state index in [-0.39, 0.29) is 0 Å². The molecule has 1 aliphatic heterocycles. The molecule has 2 saturated carbocycles. The molecule has 0 amide bonds. The lowest BCUT2D eigenvalue weighted by Gasteiger charge is -2.07. The van der Waals surface area contributed by atoms with Crippen molar-refractivity contribution in [1.29, 1.82) is 0 Å². The van der Waals surface area contributed by atoms with Crippen LogP contribution in [0.25, 0.3) is 0 Å². The van der Waals surface area contributed by atoms with Crippen molar-refractivity contribution < 1.29 is 14.2 Å². The van der Waals surface area contributed by atoms with E-state index in [4.69, 9.17) is 15.6 Å². The topological polar surface area (TPSA) is 55.5 Å². The van der Waals surface area contributed by atoms with Crippen molar-refractivity contribution in [2.75, 3.05) is 19.8 Å². The fourth-order valence-electron chi connectivity index (χ4n) is 8.17. The van der Waals surface area contributed by atoms with Gasteiger partial charge in [-0.25, -0.2) is 4.39 Å². The predicted octanol–water partition coefficient (Wildman–Crippen LogP) is 14.9. The van der Waals surface area contributed by atoms with Gasteiger partial charge in [-0.15, -0.1) is 0 Å². The van der Waals surface area contributed by atoms with E-state index in [0.29, 0.717) is 13.0 Å². The summed E-state index contributed by atoms with van der Waals surface area (Å²) in [5.74, 6) is 5.36. The van der Waals surface area contributed by atoms with Gasteiger partial charge in [0.1, 0.15) is 0 Å². The number of aliphatic hydroxyl groups is 1. The third-order valence-electron chi connectivity index (χ3n) is 12.2. The normalized spacial score (nSPS) is 23.2. The van der Waals surface area contributed by atoms with Crippen LogP contribution in [-0.2, 0) is 4.74 Å². The first-order chi connectivity index (χ1) is 24.8. The quantitative estimate of drug-likeness (QED) is 0.0400. The van der Waals surface area contributed by atoms with Crippen molar-refractivity contribution in [2.24, 2.45) is 35.3 Å². The second-order valence-electron chi connectivity index (χ2n) is 17.3. The minimum Gasteiger partial charge on any atom is -0.396 e. The van der Waals surface area contributed by atoms with Crippen LogP contribution in [0.2, 0.25) is 0 Å². The molecule has 3 fully saturated rings. The van der Waals surface area contributed by atoms with E-state index in [1.165, 1.54) is 180 Å². The summed E-state index contributed by atoms with van der Waals surface area (Å²) in [4.78, 5) is 0. The van der Waals surface area contributed by atoms with E-state index >= 15 is 0 Å². The van der Waals surface area contributed by atoms with Gasteiger partial charge >= 0.3 is 0 Å². The van der Waals surface area contributed by atoms with Gasteiger partial charge in [0.2, 0.25) is 0 Å². The molecule has 0 aromatic carbocycles. The molecule has 0 aromatic heterocycles. The van der Waals surface area contributed by atoms with E-state index in [9.17, 15) is 4.39 Å². The highest BCUT2D eigenvalue weighted by Crippen LogP contribution is 2.46. The van der Waals surface area contributed by atoms with Gasteiger partial charge in [0.25, 0.3) is 0 Å². The van der Waals surface area contributed by atoms with Gasteiger partial charge in [0.15, 0.2) is 5.53 Å². The summed E-state index contributed by atoms with van der Waals surface area (Å²) < 4.78 is 17.3. The first kappa shape index (κ1) is 49.3. The number of alkyl halides is 1. The minimum absolute atomic E-state index is 0.345. The third-order valence-corrected chi connectivity index (χ3v) is 12.6. The number of rotatable bonds is 33. The number of ether oxygens (including phenoxy) is 1. The zero-order valence-electron chi connectivity index (χ0n) is 34.9. The van der Waals surface area contributed by atoms with Crippen molar-refractivity contribution in [3.05, 3.63) is 0 Å². The monoisotopic (exact) mass is 742 g/mol. The number of nitrogens with two attached hydrogens (primary N) is 1. The van der Waals surface area contributed by atoms with E-state index < -0.39 is 5.53 Å². The van der Waals surface area contributed by atoms with E-state index in [2.05, 4.69) is 13.8 Å². The summed E-state index contributed by atoms with van der Waals surface area (Å²) in [5.41, 5.74) is 3.29. The molecule has 7 atom stereocenters. The van der Waals surface area contributed by atoms with Crippen LogP contribution in [0.3, 0.4) is 0 Å². The largest absolute Gasteiger partial charge is 0.396 e. The van der Waals surface area contributed by atoms with Gasteiger partial charge in [-0.3, -0.25) is 5.73 Å². The van der Waals surface area contributed by atoms with Crippen LogP contribution in [0, 0.1) is 29.6 Å². The van der Waals surface area contributed by atoms with Gasteiger partial charge in [-0.1, -0.05) is 210 Å². The summed E-state index contributed by atoms with van der Waals surface area (Å²) in [7, 11) is 1.90. The molecule has 0 spiro atoms. The SMILES string of the molecule is CCC(N)(F)P.CCCCCCCCC1CC1CCCCCCCCC[C@@H]1CCOC1.CCCCCCCCC1CC1CCCCCCCCO. The predicted molar refractivity (Wildman–Crippen MR) is 227 cm³/mol. The Bertz CT molecular complexity index is 712. The molecule has 306 valence electrons. The van der Waals surface area contributed by atoms with E-state index in [0.717, 1.165) is 49.2 Å². The van der Waals surface area contributed by atoms with Gasteiger partial charge in [0.05, 0.1) is 0 Å².